The molecule has 156 valence electrons. The first-order chi connectivity index (χ1) is 14.4. The van der Waals surface area contributed by atoms with Crippen LogP contribution in [0.2, 0.25) is 0 Å². The van der Waals surface area contributed by atoms with Crippen molar-refractivity contribution in [1.82, 2.24) is 15.2 Å². The molecule has 3 heterocycles. The van der Waals surface area contributed by atoms with Gasteiger partial charge in [0.25, 0.3) is 0 Å². The number of nitrogens with one attached hydrogen (secondary N) is 2. The number of rotatable bonds is 2. The molecule has 1 aromatic carbocycles. The van der Waals surface area contributed by atoms with Crippen LogP contribution in [0.5, 0.6) is 0 Å². The Labute approximate surface area is 171 Å². The highest BCUT2D eigenvalue weighted by molar-refractivity contribution is 5.89. The van der Waals surface area contributed by atoms with Crippen LogP contribution in [0.25, 0.3) is 22.0 Å². The van der Waals surface area contributed by atoms with Gasteiger partial charge in [-0.05, 0) is 30.2 Å². The van der Waals surface area contributed by atoms with E-state index in [4.69, 9.17) is 4.74 Å². The van der Waals surface area contributed by atoms with Crippen molar-refractivity contribution in [2.24, 2.45) is 0 Å². The number of benzene rings is 1. The van der Waals surface area contributed by atoms with Gasteiger partial charge >= 0.3 is 0 Å². The Morgan fingerprint density at radius 3 is 2.70 bits per heavy atom. The molecule has 0 aliphatic carbocycles. The minimum Gasteiger partial charge on any atom is -0.394 e. The third-order valence-corrected chi connectivity index (χ3v) is 5.23. The monoisotopic (exact) mass is 411 g/mol. The predicted molar refractivity (Wildman–Crippen MR) is 108 cm³/mol. The first-order valence-electron chi connectivity index (χ1n) is 9.38. The van der Waals surface area contributed by atoms with Crippen LogP contribution in [0.4, 0.5) is 0 Å². The van der Waals surface area contributed by atoms with Crippen LogP contribution in [0.15, 0.2) is 35.4 Å². The number of hydrogen-bond acceptors (Lipinski definition) is 7. The van der Waals surface area contributed by atoms with E-state index in [1.807, 2.05) is 19.1 Å². The molecule has 6 N–H and O–H groups in total. The van der Waals surface area contributed by atoms with Crippen molar-refractivity contribution in [1.29, 1.82) is 0 Å². The minimum atomic E-state index is -1.49. The van der Waals surface area contributed by atoms with Gasteiger partial charge in [0.05, 0.1) is 23.9 Å². The zero-order chi connectivity index (χ0) is 21.4. The molecule has 3 aromatic rings. The number of aryl methyl sites for hydroxylation is 1. The summed E-state index contributed by atoms with van der Waals surface area (Å²) in [5.74, 6) is 5.72. The van der Waals surface area contributed by atoms with E-state index in [1.165, 1.54) is 6.07 Å². The second-order valence-corrected chi connectivity index (χ2v) is 7.27. The van der Waals surface area contributed by atoms with Gasteiger partial charge < -0.3 is 30.1 Å². The summed E-state index contributed by atoms with van der Waals surface area (Å²) >= 11 is 0. The lowest BCUT2D eigenvalue weighted by Gasteiger charge is -2.37. The Balaban J connectivity index is 1.75. The molecule has 0 radical (unpaired) electrons. The lowest BCUT2D eigenvalue weighted by Crippen LogP contribution is -2.58. The number of pyridine rings is 1. The van der Waals surface area contributed by atoms with Gasteiger partial charge in [0.15, 0.2) is 0 Å². The van der Waals surface area contributed by atoms with Gasteiger partial charge in [-0.2, -0.15) is 5.10 Å². The smallest absolute Gasteiger partial charge is 0.248 e. The van der Waals surface area contributed by atoms with E-state index >= 15 is 0 Å². The normalized spacial score (nSPS) is 26.4. The standard InChI is InChI=1S/C21H21N3O6/c1-10-4-17(26)22-8-14(10)12-5-11(18-13(6-12)7-23-24-18)2-3-15-19(27)21(29)20(28)16(9-25)30-15/h4-8,15-16,19-21,25,27-29H,9H2,1H3,(H,22,26)(H,23,24)/t15?,16?,19?,20-,21?/m1/s1. The molecule has 2 aromatic heterocycles. The van der Waals surface area contributed by atoms with Crippen LogP contribution in [-0.4, -0.2) is 72.7 Å². The number of H-pyrrole nitrogens is 2. The molecule has 4 rings (SSSR count). The number of nitrogens with zero attached hydrogens (tertiary/aromatic N) is 1. The number of aliphatic hydroxyl groups excluding tert-OH is 4. The molecule has 9 nitrogen and oxygen atoms in total. The fourth-order valence-corrected chi connectivity index (χ4v) is 3.57. The number of aliphatic hydroxyl groups is 4. The van der Waals surface area contributed by atoms with Gasteiger partial charge in [0.2, 0.25) is 5.56 Å². The molecule has 30 heavy (non-hydrogen) atoms. The Bertz CT molecular complexity index is 1190. The third kappa shape index (κ3) is 3.63. The molecular weight excluding hydrogens is 390 g/mol. The molecule has 1 saturated heterocycles. The maximum Gasteiger partial charge on any atom is 0.248 e. The number of aromatic nitrogens is 3. The van der Waals surface area contributed by atoms with Crippen LogP contribution in [0.1, 0.15) is 11.1 Å². The fraction of sp³-hybridized carbons (Fsp3) is 0.333. The first-order valence-corrected chi connectivity index (χ1v) is 9.38. The summed E-state index contributed by atoms with van der Waals surface area (Å²) < 4.78 is 5.44. The van der Waals surface area contributed by atoms with Gasteiger partial charge in [-0.25, -0.2) is 0 Å². The zero-order valence-electron chi connectivity index (χ0n) is 16.0. The molecule has 5 atom stereocenters. The highest BCUT2D eigenvalue weighted by Crippen LogP contribution is 2.28. The van der Waals surface area contributed by atoms with Crippen LogP contribution in [0, 0.1) is 18.8 Å². The molecule has 0 amide bonds. The molecule has 1 aliphatic heterocycles. The molecule has 4 unspecified atom stereocenters. The Kier molecular flexibility index (Phi) is 5.42. The summed E-state index contributed by atoms with van der Waals surface area (Å²) in [5, 5.41) is 47.1. The number of aromatic amines is 2. The topological polar surface area (TPSA) is 152 Å². The van der Waals surface area contributed by atoms with E-state index in [9.17, 15) is 25.2 Å². The lowest BCUT2D eigenvalue weighted by atomic mass is 9.95. The van der Waals surface area contributed by atoms with Crippen molar-refractivity contribution in [2.45, 2.75) is 37.4 Å². The summed E-state index contributed by atoms with van der Waals surface area (Å²) in [4.78, 5) is 14.2. The Morgan fingerprint density at radius 1 is 1.17 bits per heavy atom. The Hall–Kier alpha value is -3.00. The third-order valence-electron chi connectivity index (χ3n) is 5.23. The van der Waals surface area contributed by atoms with Crippen molar-refractivity contribution in [3.05, 3.63) is 52.1 Å². The molecule has 9 heteroatoms. The van der Waals surface area contributed by atoms with Crippen molar-refractivity contribution in [3.8, 4) is 23.0 Å². The van der Waals surface area contributed by atoms with Gasteiger partial charge in [-0.3, -0.25) is 9.89 Å². The van der Waals surface area contributed by atoms with E-state index in [1.54, 1.807) is 12.4 Å². The van der Waals surface area contributed by atoms with Crippen LogP contribution in [0.3, 0.4) is 0 Å². The zero-order valence-corrected chi connectivity index (χ0v) is 16.0. The lowest BCUT2D eigenvalue weighted by molar-refractivity contribution is -0.214. The maximum atomic E-state index is 11.5. The molecular formula is C21H21N3O6. The van der Waals surface area contributed by atoms with Gasteiger partial charge in [0.1, 0.15) is 30.5 Å². The molecule has 0 saturated carbocycles. The van der Waals surface area contributed by atoms with E-state index in [0.29, 0.717) is 11.1 Å². The van der Waals surface area contributed by atoms with Crippen molar-refractivity contribution in [3.63, 3.8) is 0 Å². The fourth-order valence-electron chi connectivity index (χ4n) is 3.57. The molecule has 1 fully saturated rings. The van der Waals surface area contributed by atoms with Gasteiger partial charge in [-0.1, -0.05) is 11.8 Å². The Morgan fingerprint density at radius 2 is 1.97 bits per heavy atom. The van der Waals surface area contributed by atoms with Crippen LogP contribution >= 0.6 is 0 Å². The van der Waals surface area contributed by atoms with E-state index in [-0.39, 0.29) is 5.56 Å². The summed E-state index contributed by atoms with van der Waals surface area (Å²) in [6, 6.07) is 5.24. The van der Waals surface area contributed by atoms with Crippen molar-refractivity contribution < 1.29 is 25.2 Å². The van der Waals surface area contributed by atoms with Gasteiger partial charge in [-0.15, -0.1) is 0 Å². The van der Waals surface area contributed by atoms with E-state index in [0.717, 1.165) is 22.1 Å². The second kappa shape index (κ2) is 8.02. The van der Waals surface area contributed by atoms with Crippen molar-refractivity contribution >= 4 is 10.9 Å². The van der Waals surface area contributed by atoms with Crippen LogP contribution in [-0.2, 0) is 4.74 Å². The van der Waals surface area contributed by atoms with E-state index < -0.39 is 37.1 Å². The SMILES string of the molecule is Cc1cc(=O)[nH]cc1-c1cc(C#CC2OC(CO)[C@@H](O)C(O)C2O)c2[nH]ncc2c1. The van der Waals surface area contributed by atoms with Crippen molar-refractivity contribution in [2.75, 3.05) is 6.61 Å². The average Bonchev–Trinajstić information content (AvgIpc) is 3.20. The average molecular weight is 411 g/mol. The minimum absolute atomic E-state index is 0.191. The largest absolute Gasteiger partial charge is 0.394 e. The highest BCUT2D eigenvalue weighted by atomic mass is 16.5. The predicted octanol–water partition coefficient (Wildman–Crippen LogP) is -0.579. The highest BCUT2D eigenvalue weighted by Gasteiger charge is 2.42. The maximum absolute atomic E-state index is 11.5. The summed E-state index contributed by atoms with van der Waals surface area (Å²) in [7, 11) is 0. The molecule has 0 spiro atoms. The quantitative estimate of drug-likeness (QED) is 0.309. The number of hydrogen-bond donors (Lipinski definition) is 6. The number of fused-ring (bicyclic) bond motifs is 1. The van der Waals surface area contributed by atoms with Gasteiger partial charge in [0, 0.05) is 23.2 Å². The molecule has 0 bridgehead atoms. The molecule has 1 aliphatic rings. The summed E-state index contributed by atoms with van der Waals surface area (Å²) in [5.41, 5.74) is 3.50. The van der Waals surface area contributed by atoms with E-state index in [2.05, 4.69) is 27.0 Å². The first kappa shape index (κ1) is 20.3. The summed E-state index contributed by atoms with van der Waals surface area (Å²) in [6.07, 6.45) is -3.20. The second-order valence-electron chi connectivity index (χ2n) is 7.27. The van der Waals surface area contributed by atoms with Crippen LogP contribution < -0.4 is 5.56 Å². The summed E-state index contributed by atoms with van der Waals surface area (Å²) in [6.45, 7) is 1.32. The number of ether oxygens (including phenoxy) is 1.